The number of nitrogens with one attached hydrogen (secondary N) is 1. The number of amides is 1. The average molecular weight is 945 g/mol. The number of rotatable bonds is 56. The van der Waals surface area contributed by atoms with Crippen LogP contribution in [0.25, 0.3) is 0 Å². The van der Waals surface area contributed by atoms with E-state index in [4.69, 9.17) is 4.74 Å². The van der Waals surface area contributed by atoms with Gasteiger partial charge in [0.25, 0.3) is 0 Å². The van der Waals surface area contributed by atoms with E-state index in [9.17, 15) is 19.8 Å². The number of unbranched alkanes of at least 4 members (excludes halogenated alkanes) is 41. The van der Waals surface area contributed by atoms with Crippen LogP contribution < -0.4 is 5.32 Å². The van der Waals surface area contributed by atoms with Crippen molar-refractivity contribution < 1.29 is 24.5 Å². The Balaban J connectivity index is 3.42. The zero-order valence-electron chi connectivity index (χ0n) is 45.1. The molecule has 0 fully saturated rings. The summed E-state index contributed by atoms with van der Waals surface area (Å²) < 4.78 is 5.46. The van der Waals surface area contributed by atoms with Crippen LogP contribution in [0.4, 0.5) is 0 Å². The standard InChI is InChI=1S/C61H117NO5/c1-3-5-7-9-11-13-15-16-17-27-30-34-37-41-45-49-53-59(64)58(57-63)62-60(65)54-50-46-42-38-35-31-28-25-23-21-19-18-20-22-24-26-29-32-36-40-44-48-52-56-67-61(66)55-51-47-43-39-33-14-12-10-8-6-4-2/h10,12,21,23,58-59,63-64H,3-9,11,13-20,22,24-57H2,1-2H3,(H,62,65)/b12-10-,23-21-. The highest BCUT2D eigenvalue weighted by Gasteiger charge is 2.20. The number of allylic oxidation sites excluding steroid dienone is 4. The van der Waals surface area contributed by atoms with Gasteiger partial charge in [0, 0.05) is 12.8 Å². The SMILES string of the molecule is CCCC/C=C\CCCCCCCC(=O)OCCCCCCCCCCCCCC/C=C\CCCCCCCCCC(=O)NC(CO)C(O)CCCCCCCCCCCCCCCCCC. The van der Waals surface area contributed by atoms with Crippen molar-refractivity contribution in [2.45, 2.75) is 341 Å². The maximum atomic E-state index is 12.5. The number of carbonyl (C=O) groups is 2. The number of hydrogen-bond donors (Lipinski definition) is 3. The predicted octanol–water partition coefficient (Wildman–Crippen LogP) is 18.6. The first-order valence-electron chi connectivity index (χ1n) is 30.1. The second kappa shape index (κ2) is 56.9. The van der Waals surface area contributed by atoms with Gasteiger partial charge in [0.1, 0.15) is 0 Å². The highest BCUT2D eigenvalue weighted by atomic mass is 16.5. The van der Waals surface area contributed by atoms with E-state index in [-0.39, 0.29) is 18.5 Å². The quantitative estimate of drug-likeness (QED) is 0.0321. The van der Waals surface area contributed by atoms with Crippen molar-refractivity contribution >= 4 is 11.9 Å². The summed E-state index contributed by atoms with van der Waals surface area (Å²) in [5.74, 6) is -0.0388. The molecule has 3 N–H and O–H groups in total. The second-order valence-electron chi connectivity index (χ2n) is 20.7. The first-order chi connectivity index (χ1) is 33.0. The van der Waals surface area contributed by atoms with Crippen LogP contribution in [0.1, 0.15) is 328 Å². The Hall–Kier alpha value is -1.66. The molecule has 0 radical (unpaired) electrons. The van der Waals surface area contributed by atoms with E-state index >= 15 is 0 Å². The van der Waals surface area contributed by atoms with E-state index in [1.54, 1.807) is 0 Å². The van der Waals surface area contributed by atoms with E-state index < -0.39 is 12.1 Å². The van der Waals surface area contributed by atoms with Gasteiger partial charge in [0.2, 0.25) is 5.91 Å². The first kappa shape index (κ1) is 65.3. The van der Waals surface area contributed by atoms with E-state index in [2.05, 4.69) is 43.5 Å². The lowest BCUT2D eigenvalue weighted by Crippen LogP contribution is -2.45. The summed E-state index contributed by atoms with van der Waals surface area (Å²) in [5.41, 5.74) is 0. The van der Waals surface area contributed by atoms with Crippen molar-refractivity contribution in [3.05, 3.63) is 24.3 Å². The third kappa shape index (κ3) is 53.5. The molecule has 0 heterocycles. The molecule has 0 aliphatic heterocycles. The Bertz CT molecular complexity index is 1040. The lowest BCUT2D eigenvalue weighted by Gasteiger charge is -2.22. The number of aliphatic hydroxyl groups excluding tert-OH is 2. The van der Waals surface area contributed by atoms with Gasteiger partial charge < -0.3 is 20.3 Å². The second-order valence-corrected chi connectivity index (χ2v) is 20.7. The van der Waals surface area contributed by atoms with Gasteiger partial charge in [-0.05, 0) is 70.6 Å². The molecule has 0 spiro atoms. The molecule has 0 bridgehead atoms. The van der Waals surface area contributed by atoms with Crippen LogP contribution in [0.2, 0.25) is 0 Å². The first-order valence-corrected chi connectivity index (χ1v) is 30.1. The van der Waals surface area contributed by atoms with Crippen LogP contribution >= 0.6 is 0 Å². The maximum absolute atomic E-state index is 12.5. The molecule has 6 nitrogen and oxygen atoms in total. The smallest absolute Gasteiger partial charge is 0.305 e. The topological polar surface area (TPSA) is 95.9 Å². The Morgan fingerprint density at radius 3 is 1.10 bits per heavy atom. The number of carbonyl (C=O) groups excluding carboxylic acids is 2. The molecular formula is C61H117NO5. The lowest BCUT2D eigenvalue weighted by molar-refractivity contribution is -0.143. The predicted molar refractivity (Wildman–Crippen MR) is 292 cm³/mol. The van der Waals surface area contributed by atoms with Crippen LogP contribution in [-0.4, -0.2) is 47.4 Å². The normalized spacial score (nSPS) is 12.7. The Morgan fingerprint density at radius 1 is 0.403 bits per heavy atom. The molecule has 2 atom stereocenters. The summed E-state index contributed by atoms with van der Waals surface area (Å²) in [6, 6.07) is -0.546. The molecule has 2 unspecified atom stereocenters. The van der Waals surface area contributed by atoms with Crippen LogP contribution in [0.3, 0.4) is 0 Å². The summed E-state index contributed by atoms with van der Waals surface area (Å²) in [5, 5.41) is 23.3. The van der Waals surface area contributed by atoms with Crippen molar-refractivity contribution in [2.75, 3.05) is 13.2 Å². The molecule has 1 amide bonds. The molecule has 0 aromatic carbocycles. The average Bonchev–Trinajstić information content (AvgIpc) is 3.33. The number of ether oxygens (including phenoxy) is 1. The summed E-state index contributed by atoms with van der Waals surface area (Å²) in [6.07, 6.45) is 68.9. The van der Waals surface area contributed by atoms with Crippen LogP contribution in [0, 0.1) is 0 Å². The van der Waals surface area contributed by atoms with E-state index in [0.29, 0.717) is 25.9 Å². The lowest BCUT2D eigenvalue weighted by atomic mass is 10.0. The van der Waals surface area contributed by atoms with Crippen molar-refractivity contribution in [1.29, 1.82) is 0 Å². The molecule has 0 aliphatic rings. The molecule has 0 aromatic rings. The minimum atomic E-state index is -0.668. The molecule has 0 aromatic heterocycles. The van der Waals surface area contributed by atoms with E-state index in [0.717, 1.165) is 44.9 Å². The molecule has 0 saturated heterocycles. The third-order valence-corrected chi connectivity index (χ3v) is 14.0. The van der Waals surface area contributed by atoms with Crippen molar-refractivity contribution in [3.63, 3.8) is 0 Å². The highest BCUT2D eigenvalue weighted by Crippen LogP contribution is 2.17. The van der Waals surface area contributed by atoms with E-state index in [1.165, 1.54) is 250 Å². The molecule has 67 heavy (non-hydrogen) atoms. The fourth-order valence-electron chi connectivity index (χ4n) is 9.32. The molecule has 396 valence electrons. The van der Waals surface area contributed by atoms with Crippen LogP contribution in [-0.2, 0) is 14.3 Å². The van der Waals surface area contributed by atoms with Crippen molar-refractivity contribution in [2.24, 2.45) is 0 Å². The molecule has 0 aliphatic carbocycles. The fraction of sp³-hybridized carbons (Fsp3) is 0.902. The van der Waals surface area contributed by atoms with Crippen molar-refractivity contribution in [3.8, 4) is 0 Å². The van der Waals surface area contributed by atoms with Gasteiger partial charge in [-0.2, -0.15) is 0 Å². The summed E-state index contributed by atoms with van der Waals surface area (Å²) in [6.45, 7) is 4.93. The maximum Gasteiger partial charge on any atom is 0.305 e. The van der Waals surface area contributed by atoms with Crippen LogP contribution in [0.5, 0.6) is 0 Å². The zero-order valence-corrected chi connectivity index (χ0v) is 45.1. The minimum Gasteiger partial charge on any atom is -0.466 e. The monoisotopic (exact) mass is 944 g/mol. The molecular weight excluding hydrogens is 827 g/mol. The third-order valence-electron chi connectivity index (χ3n) is 14.0. The van der Waals surface area contributed by atoms with Crippen LogP contribution in [0.15, 0.2) is 24.3 Å². The molecule has 0 rings (SSSR count). The summed E-state index contributed by atoms with van der Waals surface area (Å²) >= 11 is 0. The Labute approximate surface area is 418 Å². The molecule has 6 heteroatoms. The number of aliphatic hydroxyl groups is 2. The number of esters is 1. The Morgan fingerprint density at radius 2 is 0.716 bits per heavy atom. The largest absolute Gasteiger partial charge is 0.466 e. The summed E-state index contributed by atoms with van der Waals surface area (Å²) in [4.78, 5) is 24.5. The van der Waals surface area contributed by atoms with Gasteiger partial charge in [0.15, 0.2) is 0 Å². The minimum absolute atomic E-state index is 0.000575. The fourth-order valence-corrected chi connectivity index (χ4v) is 9.32. The van der Waals surface area contributed by atoms with Gasteiger partial charge in [-0.25, -0.2) is 0 Å². The summed E-state index contributed by atoms with van der Waals surface area (Å²) in [7, 11) is 0. The van der Waals surface area contributed by atoms with E-state index in [1.807, 2.05) is 0 Å². The number of hydrogen-bond acceptors (Lipinski definition) is 5. The van der Waals surface area contributed by atoms with Crippen molar-refractivity contribution in [1.82, 2.24) is 5.32 Å². The Kier molecular flexibility index (Phi) is 55.5. The highest BCUT2D eigenvalue weighted by molar-refractivity contribution is 5.76. The van der Waals surface area contributed by atoms with Gasteiger partial charge >= 0.3 is 5.97 Å². The van der Waals surface area contributed by atoms with Gasteiger partial charge in [-0.3, -0.25) is 9.59 Å². The zero-order chi connectivity index (χ0) is 48.6. The van der Waals surface area contributed by atoms with Gasteiger partial charge in [-0.1, -0.05) is 269 Å². The van der Waals surface area contributed by atoms with Gasteiger partial charge in [0.05, 0.1) is 25.4 Å². The van der Waals surface area contributed by atoms with Gasteiger partial charge in [-0.15, -0.1) is 0 Å². The molecule has 0 saturated carbocycles.